The minimum Gasteiger partial charge on any atom is -0.452 e. The highest BCUT2D eigenvalue weighted by Crippen LogP contribution is 2.32. The molecule has 1 saturated heterocycles. The van der Waals surface area contributed by atoms with Gasteiger partial charge >= 0.3 is 0 Å². The number of nitrogens with zero attached hydrogens (tertiary/aromatic N) is 2. The van der Waals surface area contributed by atoms with Crippen molar-refractivity contribution in [2.75, 3.05) is 19.8 Å². The van der Waals surface area contributed by atoms with Gasteiger partial charge in [0.15, 0.2) is 0 Å². The maximum atomic E-state index is 12.7. The molecule has 114 valence electrons. The number of aromatic nitrogens is 2. The van der Waals surface area contributed by atoms with Crippen molar-refractivity contribution >= 4 is 10.0 Å². The number of sulfonamides is 1. The Morgan fingerprint density at radius 2 is 2.24 bits per heavy atom. The van der Waals surface area contributed by atoms with Crippen LogP contribution in [0.15, 0.2) is 27.9 Å². The first kappa shape index (κ1) is 14.3. The number of ether oxygens (including phenoxy) is 1. The van der Waals surface area contributed by atoms with Crippen LogP contribution in [0, 0.1) is 13.8 Å². The molecule has 3 rings (SSSR count). The second kappa shape index (κ2) is 5.28. The second-order valence-corrected chi connectivity index (χ2v) is 6.81. The van der Waals surface area contributed by atoms with Crippen molar-refractivity contribution in [3.63, 3.8) is 0 Å². The zero-order valence-electron chi connectivity index (χ0n) is 11.9. The molecule has 0 amide bonds. The molecule has 1 N–H and O–H groups in total. The number of H-pyrrole nitrogens is 1. The summed E-state index contributed by atoms with van der Waals surface area (Å²) in [5.41, 5.74) is 2.50. The molecule has 2 aromatic rings. The number of morpholine rings is 1. The van der Waals surface area contributed by atoms with Crippen LogP contribution in [0.2, 0.25) is 0 Å². The van der Waals surface area contributed by atoms with Crippen LogP contribution >= 0.6 is 0 Å². The summed E-state index contributed by atoms with van der Waals surface area (Å²) in [4.78, 5) is 0. The molecule has 3 heterocycles. The third kappa shape index (κ3) is 2.39. The van der Waals surface area contributed by atoms with Crippen LogP contribution < -0.4 is 0 Å². The monoisotopic (exact) mass is 311 g/mol. The molecule has 0 aliphatic carbocycles. The van der Waals surface area contributed by atoms with Crippen LogP contribution in [-0.4, -0.2) is 42.7 Å². The molecule has 1 atom stereocenters. The van der Waals surface area contributed by atoms with Gasteiger partial charge in [0.1, 0.15) is 0 Å². The van der Waals surface area contributed by atoms with Crippen molar-refractivity contribution in [1.29, 1.82) is 0 Å². The molecule has 0 bridgehead atoms. The Bertz CT molecular complexity index is 701. The predicted octanol–water partition coefficient (Wildman–Crippen LogP) is 1.38. The molecule has 0 spiro atoms. The van der Waals surface area contributed by atoms with Crippen molar-refractivity contribution in [1.82, 2.24) is 14.5 Å². The zero-order chi connectivity index (χ0) is 15.0. The van der Waals surface area contributed by atoms with Crippen molar-refractivity contribution in [3.05, 3.63) is 35.3 Å². The molecular weight excluding hydrogens is 294 g/mol. The van der Waals surface area contributed by atoms with E-state index in [1.165, 1.54) is 16.6 Å². The van der Waals surface area contributed by atoms with Crippen molar-refractivity contribution in [2.24, 2.45) is 0 Å². The summed E-state index contributed by atoms with van der Waals surface area (Å²) in [7, 11) is -3.68. The summed E-state index contributed by atoms with van der Waals surface area (Å²) < 4.78 is 37.4. The standard InChI is InChI=1S/C13H17N3O4S/c1-9-13(10(2)15-14-9)11-8-19-7-5-16(11)21(17,18)12-4-3-6-20-12/h3-4,6,11H,5,7-8H2,1-2H3,(H,14,15)/t11-/m1/s1. The first-order valence-electron chi connectivity index (χ1n) is 6.66. The van der Waals surface area contributed by atoms with E-state index in [4.69, 9.17) is 9.15 Å². The molecule has 21 heavy (non-hydrogen) atoms. The largest absolute Gasteiger partial charge is 0.452 e. The number of hydrogen-bond acceptors (Lipinski definition) is 5. The van der Waals surface area contributed by atoms with E-state index in [1.54, 1.807) is 6.07 Å². The number of hydrogen-bond donors (Lipinski definition) is 1. The normalized spacial score (nSPS) is 20.8. The Hall–Kier alpha value is -1.64. The predicted molar refractivity (Wildman–Crippen MR) is 74.2 cm³/mol. The highest BCUT2D eigenvalue weighted by atomic mass is 32.2. The van der Waals surface area contributed by atoms with Gasteiger partial charge in [0.25, 0.3) is 10.0 Å². The van der Waals surface area contributed by atoms with Gasteiger partial charge in [-0.15, -0.1) is 0 Å². The van der Waals surface area contributed by atoms with Crippen LogP contribution in [0.25, 0.3) is 0 Å². The fourth-order valence-electron chi connectivity index (χ4n) is 2.68. The average molecular weight is 311 g/mol. The van der Waals surface area contributed by atoms with Crippen molar-refractivity contribution in [2.45, 2.75) is 25.0 Å². The topological polar surface area (TPSA) is 88.4 Å². The molecule has 0 unspecified atom stereocenters. The van der Waals surface area contributed by atoms with Gasteiger partial charge < -0.3 is 9.15 Å². The first-order valence-corrected chi connectivity index (χ1v) is 8.10. The molecule has 8 heteroatoms. The summed E-state index contributed by atoms with van der Waals surface area (Å²) >= 11 is 0. The smallest absolute Gasteiger partial charge is 0.277 e. The Morgan fingerprint density at radius 1 is 1.43 bits per heavy atom. The van der Waals surface area contributed by atoms with Gasteiger partial charge in [0, 0.05) is 17.8 Å². The molecule has 1 fully saturated rings. The van der Waals surface area contributed by atoms with Crippen molar-refractivity contribution in [3.8, 4) is 0 Å². The van der Waals surface area contributed by atoms with E-state index in [2.05, 4.69) is 10.2 Å². The maximum absolute atomic E-state index is 12.7. The van der Waals surface area contributed by atoms with Crippen LogP contribution in [0.5, 0.6) is 0 Å². The molecular formula is C13H17N3O4S. The van der Waals surface area contributed by atoms with E-state index in [-0.39, 0.29) is 11.6 Å². The minimum absolute atomic E-state index is 0.0480. The molecule has 1 aliphatic heterocycles. The van der Waals surface area contributed by atoms with Gasteiger partial charge in [0.2, 0.25) is 5.09 Å². The van der Waals surface area contributed by atoms with E-state index >= 15 is 0 Å². The molecule has 7 nitrogen and oxygen atoms in total. The zero-order valence-corrected chi connectivity index (χ0v) is 12.7. The van der Waals surface area contributed by atoms with Crippen molar-refractivity contribution < 1.29 is 17.6 Å². The van der Waals surface area contributed by atoms with E-state index in [9.17, 15) is 8.42 Å². The average Bonchev–Trinajstić information content (AvgIpc) is 3.10. The summed E-state index contributed by atoms with van der Waals surface area (Å²) in [6, 6.07) is 2.63. The quantitative estimate of drug-likeness (QED) is 0.925. The Kier molecular flexibility index (Phi) is 3.60. The highest BCUT2D eigenvalue weighted by Gasteiger charge is 2.38. The SMILES string of the molecule is Cc1n[nH]c(C)c1[C@H]1COCCN1S(=O)(=O)c1ccco1. The van der Waals surface area contributed by atoms with Gasteiger partial charge in [-0.25, -0.2) is 8.42 Å². The number of furan rings is 1. The van der Waals surface area contributed by atoms with Crippen LogP contribution in [0.1, 0.15) is 23.0 Å². The summed E-state index contributed by atoms with van der Waals surface area (Å²) in [6.45, 7) is 4.69. The van der Waals surface area contributed by atoms with E-state index in [0.29, 0.717) is 13.2 Å². The van der Waals surface area contributed by atoms with Gasteiger partial charge in [-0.3, -0.25) is 5.10 Å². The maximum Gasteiger partial charge on any atom is 0.277 e. The molecule has 2 aromatic heterocycles. The van der Waals surface area contributed by atoms with Crippen LogP contribution in [0.4, 0.5) is 0 Å². The number of rotatable bonds is 3. The lowest BCUT2D eigenvalue weighted by Gasteiger charge is -2.34. The number of nitrogens with one attached hydrogen (secondary N) is 1. The van der Waals surface area contributed by atoms with Gasteiger partial charge in [0.05, 0.1) is 31.2 Å². The third-order valence-electron chi connectivity index (χ3n) is 3.66. The molecule has 0 aromatic carbocycles. The lowest BCUT2D eigenvalue weighted by atomic mass is 10.1. The fraction of sp³-hybridized carbons (Fsp3) is 0.462. The lowest BCUT2D eigenvalue weighted by Crippen LogP contribution is -2.43. The third-order valence-corrected chi connectivity index (χ3v) is 5.45. The lowest BCUT2D eigenvalue weighted by molar-refractivity contribution is 0.0310. The fourth-order valence-corrected chi connectivity index (χ4v) is 4.15. The first-order chi connectivity index (χ1) is 10.0. The second-order valence-electron chi connectivity index (χ2n) is 4.99. The minimum atomic E-state index is -3.68. The Labute approximate surface area is 122 Å². The summed E-state index contributed by atoms with van der Waals surface area (Å²) in [5.74, 6) is 0. The Morgan fingerprint density at radius 3 is 2.86 bits per heavy atom. The summed E-state index contributed by atoms with van der Waals surface area (Å²) in [6.07, 6.45) is 1.36. The van der Waals surface area contributed by atoms with Gasteiger partial charge in [-0.05, 0) is 26.0 Å². The molecule has 1 aliphatic rings. The van der Waals surface area contributed by atoms with Crippen LogP contribution in [0.3, 0.4) is 0 Å². The number of aromatic amines is 1. The van der Waals surface area contributed by atoms with Crippen LogP contribution in [-0.2, 0) is 14.8 Å². The van der Waals surface area contributed by atoms with E-state index in [0.717, 1.165) is 17.0 Å². The van der Waals surface area contributed by atoms with Gasteiger partial charge in [-0.2, -0.15) is 9.40 Å². The molecule has 0 radical (unpaired) electrons. The Balaban J connectivity index is 2.04. The highest BCUT2D eigenvalue weighted by molar-refractivity contribution is 7.89. The molecule has 0 saturated carbocycles. The number of aryl methyl sites for hydroxylation is 2. The van der Waals surface area contributed by atoms with E-state index in [1.807, 2.05) is 13.8 Å². The van der Waals surface area contributed by atoms with E-state index < -0.39 is 16.1 Å². The summed E-state index contributed by atoms with van der Waals surface area (Å²) in [5, 5.41) is 6.99. The van der Waals surface area contributed by atoms with Gasteiger partial charge in [-0.1, -0.05) is 0 Å².